The summed E-state index contributed by atoms with van der Waals surface area (Å²) < 4.78 is 0. The Morgan fingerprint density at radius 1 is 1.21 bits per heavy atom. The van der Waals surface area contributed by atoms with Gasteiger partial charge in [0.15, 0.2) is 0 Å². The number of H-pyrrole nitrogens is 1. The molecule has 3 nitrogen and oxygen atoms in total. The van der Waals surface area contributed by atoms with Crippen molar-refractivity contribution in [1.29, 1.82) is 0 Å². The summed E-state index contributed by atoms with van der Waals surface area (Å²) in [6.07, 6.45) is 1.98. The highest BCUT2D eigenvalue weighted by Gasteiger charge is 2.20. The molecule has 0 fully saturated rings. The van der Waals surface area contributed by atoms with E-state index in [1.165, 1.54) is 22.4 Å². The van der Waals surface area contributed by atoms with Crippen LogP contribution in [0.4, 0.5) is 5.69 Å². The van der Waals surface area contributed by atoms with Gasteiger partial charge < -0.3 is 5.32 Å². The molecule has 2 aromatic rings. The summed E-state index contributed by atoms with van der Waals surface area (Å²) >= 11 is 0. The topological polar surface area (TPSA) is 40.7 Å². The third-order valence-electron chi connectivity index (χ3n) is 3.50. The minimum atomic E-state index is 0.0681. The first-order chi connectivity index (χ1) is 8.89. The Labute approximate surface area is 115 Å². The second-order valence-electron chi connectivity index (χ2n) is 6.11. The number of nitrogens with one attached hydrogen (secondary N) is 2. The van der Waals surface area contributed by atoms with Gasteiger partial charge in [-0.05, 0) is 31.0 Å². The fourth-order valence-electron chi connectivity index (χ4n) is 2.23. The van der Waals surface area contributed by atoms with Crippen LogP contribution in [0.25, 0.3) is 0 Å². The molecule has 1 aromatic heterocycles. The van der Waals surface area contributed by atoms with Crippen molar-refractivity contribution in [3.63, 3.8) is 0 Å². The molecule has 3 heteroatoms. The van der Waals surface area contributed by atoms with E-state index >= 15 is 0 Å². The van der Waals surface area contributed by atoms with Crippen molar-refractivity contribution in [1.82, 2.24) is 10.2 Å². The smallest absolute Gasteiger partial charge is 0.0725 e. The number of rotatable bonds is 3. The Morgan fingerprint density at radius 3 is 2.63 bits per heavy atom. The molecule has 0 spiro atoms. The van der Waals surface area contributed by atoms with Crippen LogP contribution >= 0.6 is 0 Å². The van der Waals surface area contributed by atoms with Gasteiger partial charge in [0.2, 0.25) is 0 Å². The van der Waals surface area contributed by atoms with Crippen molar-refractivity contribution >= 4 is 5.69 Å². The first-order valence-electron chi connectivity index (χ1n) is 6.73. The number of aryl methyl sites for hydroxylation is 1. The highest BCUT2D eigenvalue weighted by atomic mass is 15.1. The van der Waals surface area contributed by atoms with Crippen molar-refractivity contribution in [3.8, 4) is 0 Å². The van der Waals surface area contributed by atoms with Gasteiger partial charge >= 0.3 is 0 Å². The summed E-state index contributed by atoms with van der Waals surface area (Å²) in [7, 11) is 0. The second kappa shape index (κ2) is 5.08. The molecule has 0 radical (unpaired) electrons. The molecule has 2 rings (SSSR count). The first kappa shape index (κ1) is 13.7. The van der Waals surface area contributed by atoms with Crippen molar-refractivity contribution in [2.45, 2.75) is 46.6 Å². The molecule has 1 heterocycles. The van der Waals surface area contributed by atoms with Gasteiger partial charge in [0, 0.05) is 29.4 Å². The van der Waals surface area contributed by atoms with Gasteiger partial charge in [-0.1, -0.05) is 32.9 Å². The summed E-state index contributed by atoms with van der Waals surface area (Å²) in [6, 6.07) is 6.35. The molecule has 0 saturated carbocycles. The lowest BCUT2D eigenvalue weighted by molar-refractivity contribution is 0.561. The molecule has 0 aliphatic heterocycles. The van der Waals surface area contributed by atoms with Gasteiger partial charge in [-0.25, -0.2) is 0 Å². The minimum Gasteiger partial charge on any atom is -0.381 e. The maximum atomic E-state index is 4.37. The van der Waals surface area contributed by atoms with E-state index < -0.39 is 0 Å². The Kier molecular flexibility index (Phi) is 3.65. The largest absolute Gasteiger partial charge is 0.381 e. The van der Waals surface area contributed by atoms with Crippen molar-refractivity contribution in [2.75, 3.05) is 5.32 Å². The monoisotopic (exact) mass is 257 g/mol. The third kappa shape index (κ3) is 2.98. The summed E-state index contributed by atoms with van der Waals surface area (Å²) in [6.45, 7) is 11.6. The van der Waals surface area contributed by atoms with E-state index in [9.17, 15) is 0 Å². The number of hydrogen-bond donors (Lipinski definition) is 2. The maximum absolute atomic E-state index is 4.37. The van der Waals surface area contributed by atoms with Gasteiger partial charge in [0.25, 0.3) is 0 Å². The standard InChI is InChI=1S/C16H23N3/c1-11-7-6-8-14(12(11)2)17-9-13-10-18-19-15(13)16(3,4)5/h6-8,10,17H,9H2,1-5H3,(H,18,19). The molecular formula is C16H23N3. The van der Waals surface area contributed by atoms with Crippen LogP contribution in [0.2, 0.25) is 0 Å². The lowest BCUT2D eigenvalue weighted by atomic mass is 9.89. The predicted octanol–water partition coefficient (Wildman–Crippen LogP) is 3.94. The number of aromatic amines is 1. The summed E-state index contributed by atoms with van der Waals surface area (Å²) in [5, 5.41) is 10.9. The lowest BCUT2D eigenvalue weighted by Gasteiger charge is -2.18. The van der Waals surface area contributed by atoms with Gasteiger partial charge in [-0.15, -0.1) is 0 Å². The molecular weight excluding hydrogens is 234 g/mol. The Bertz CT molecular complexity index is 562. The van der Waals surface area contributed by atoms with Crippen LogP contribution in [-0.2, 0) is 12.0 Å². The highest BCUT2D eigenvalue weighted by molar-refractivity contribution is 5.54. The zero-order valence-corrected chi connectivity index (χ0v) is 12.5. The van der Waals surface area contributed by atoms with E-state index in [0.717, 1.165) is 12.2 Å². The molecule has 0 bridgehead atoms. The zero-order chi connectivity index (χ0) is 14.0. The average molecular weight is 257 g/mol. The zero-order valence-electron chi connectivity index (χ0n) is 12.5. The van der Waals surface area contributed by atoms with Crippen LogP contribution in [-0.4, -0.2) is 10.2 Å². The summed E-state index contributed by atoms with van der Waals surface area (Å²) in [5.41, 5.74) is 6.25. The molecule has 0 amide bonds. The predicted molar refractivity (Wildman–Crippen MR) is 80.5 cm³/mol. The molecule has 0 aliphatic rings. The fourth-order valence-corrected chi connectivity index (χ4v) is 2.23. The van der Waals surface area contributed by atoms with Crippen LogP contribution in [0.15, 0.2) is 24.4 Å². The van der Waals surface area contributed by atoms with E-state index in [-0.39, 0.29) is 5.41 Å². The second-order valence-corrected chi connectivity index (χ2v) is 6.11. The van der Waals surface area contributed by atoms with Crippen LogP contribution in [0, 0.1) is 13.8 Å². The summed E-state index contributed by atoms with van der Waals surface area (Å²) in [4.78, 5) is 0. The maximum Gasteiger partial charge on any atom is 0.0725 e. The SMILES string of the molecule is Cc1cccc(NCc2c[nH]nc2C(C)(C)C)c1C. The van der Waals surface area contributed by atoms with Crippen LogP contribution in [0.5, 0.6) is 0 Å². The molecule has 0 saturated heterocycles. The molecule has 1 aromatic carbocycles. The van der Waals surface area contributed by atoms with Gasteiger partial charge in [-0.3, -0.25) is 5.10 Å². The number of benzene rings is 1. The molecule has 19 heavy (non-hydrogen) atoms. The molecule has 0 atom stereocenters. The Hall–Kier alpha value is -1.77. The van der Waals surface area contributed by atoms with E-state index in [4.69, 9.17) is 0 Å². The van der Waals surface area contributed by atoms with Crippen LogP contribution in [0.3, 0.4) is 0 Å². The Balaban J connectivity index is 2.16. The van der Waals surface area contributed by atoms with E-state index in [0.29, 0.717) is 0 Å². The highest BCUT2D eigenvalue weighted by Crippen LogP contribution is 2.25. The van der Waals surface area contributed by atoms with Gasteiger partial charge in [0.1, 0.15) is 0 Å². The molecule has 0 unspecified atom stereocenters. The number of hydrogen-bond acceptors (Lipinski definition) is 2. The van der Waals surface area contributed by atoms with Crippen LogP contribution < -0.4 is 5.32 Å². The van der Waals surface area contributed by atoms with Gasteiger partial charge in [-0.2, -0.15) is 5.10 Å². The average Bonchev–Trinajstić information content (AvgIpc) is 2.79. The van der Waals surface area contributed by atoms with E-state index in [2.05, 4.69) is 68.3 Å². The number of aromatic nitrogens is 2. The molecule has 102 valence electrons. The lowest BCUT2D eigenvalue weighted by Crippen LogP contribution is -2.15. The fraction of sp³-hybridized carbons (Fsp3) is 0.438. The number of nitrogens with zero attached hydrogens (tertiary/aromatic N) is 1. The van der Waals surface area contributed by atoms with E-state index in [1.807, 2.05) is 6.20 Å². The Morgan fingerprint density at radius 2 is 1.95 bits per heavy atom. The van der Waals surface area contributed by atoms with Crippen molar-refractivity contribution in [3.05, 3.63) is 46.8 Å². The summed E-state index contributed by atoms with van der Waals surface area (Å²) in [5.74, 6) is 0. The van der Waals surface area contributed by atoms with E-state index in [1.54, 1.807) is 0 Å². The third-order valence-corrected chi connectivity index (χ3v) is 3.50. The molecule has 2 N–H and O–H groups in total. The van der Waals surface area contributed by atoms with Crippen molar-refractivity contribution < 1.29 is 0 Å². The van der Waals surface area contributed by atoms with Crippen molar-refractivity contribution in [2.24, 2.45) is 0 Å². The van der Waals surface area contributed by atoms with Crippen LogP contribution in [0.1, 0.15) is 43.2 Å². The minimum absolute atomic E-state index is 0.0681. The van der Waals surface area contributed by atoms with Gasteiger partial charge in [0.05, 0.1) is 5.69 Å². The quantitative estimate of drug-likeness (QED) is 0.874. The molecule has 0 aliphatic carbocycles. The first-order valence-corrected chi connectivity index (χ1v) is 6.73. The normalized spacial score (nSPS) is 11.6. The number of anilines is 1.